The Labute approximate surface area is 319 Å². The molecule has 1 aromatic carbocycles. The van der Waals surface area contributed by atoms with Gasteiger partial charge in [0, 0.05) is 48.6 Å². The van der Waals surface area contributed by atoms with E-state index in [1.54, 1.807) is 51.7 Å². The third kappa shape index (κ3) is 10.9. The molecule has 2 aromatic heterocycles. The van der Waals surface area contributed by atoms with Crippen LogP contribution in [-0.4, -0.2) is 86.5 Å². The Hall–Kier alpha value is -4.28. The number of nitrogens with one attached hydrogen (secondary N) is 1. The van der Waals surface area contributed by atoms with Gasteiger partial charge in [0.1, 0.15) is 11.4 Å². The Balaban J connectivity index is 0.000000241. The van der Waals surface area contributed by atoms with E-state index in [-0.39, 0.29) is 48.4 Å². The summed E-state index contributed by atoms with van der Waals surface area (Å²) in [6.45, 7) is 7.87. The number of ether oxygens (including phenoxy) is 3. The van der Waals surface area contributed by atoms with Gasteiger partial charge in [0.25, 0.3) is 5.91 Å². The normalized spacial score (nSPS) is 18.8. The molecule has 1 atom stereocenters. The summed E-state index contributed by atoms with van der Waals surface area (Å²) in [5.41, 5.74) is 3.55. The molecule has 17 heteroatoms. The molecule has 1 aliphatic carbocycles. The number of benzene rings is 1. The van der Waals surface area contributed by atoms with Gasteiger partial charge in [-0.15, -0.1) is 0 Å². The average molecular weight is 796 g/mol. The number of anilines is 1. The summed E-state index contributed by atoms with van der Waals surface area (Å²) in [6.07, 6.45) is 1.37. The smallest absolute Gasteiger partial charge is 0.434 e. The Bertz CT molecular complexity index is 1850. The van der Waals surface area contributed by atoms with Crippen LogP contribution in [0.15, 0.2) is 54.7 Å². The predicted molar refractivity (Wildman–Crippen MR) is 199 cm³/mol. The highest BCUT2D eigenvalue weighted by Crippen LogP contribution is 2.44. The number of nitrogens with zero attached hydrogens (tertiary/aromatic N) is 4. The van der Waals surface area contributed by atoms with E-state index in [2.05, 4.69) is 15.4 Å². The van der Waals surface area contributed by atoms with Crippen molar-refractivity contribution in [1.29, 1.82) is 0 Å². The zero-order valence-electron chi connectivity index (χ0n) is 30.8. The van der Waals surface area contributed by atoms with Crippen molar-refractivity contribution in [2.75, 3.05) is 36.7 Å². The lowest BCUT2D eigenvalue weighted by Crippen LogP contribution is -2.49. The number of alkyl halides is 3. The third-order valence-corrected chi connectivity index (χ3v) is 10.7. The van der Waals surface area contributed by atoms with Crippen LogP contribution in [0.25, 0.3) is 11.3 Å². The minimum atomic E-state index is -4.36. The number of hydrogen-bond donors (Lipinski definition) is 1. The first-order valence-electron chi connectivity index (χ1n) is 17.5. The van der Waals surface area contributed by atoms with E-state index in [9.17, 15) is 31.8 Å². The number of aryl methyl sites for hydroxylation is 2. The molecule has 1 aliphatic heterocycles. The number of halogens is 4. The predicted octanol–water partition coefficient (Wildman–Crippen LogP) is 7.01. The van der Waals surface area contributed by atoms with Crippen LogP contribution in [-0.2, 0) is 34.6 Å². The molecule has 1 fully saturated rings. The number of methoxy groups -OCH3 is 1. The lowest BCUT2D eigenvalue weighted by atomic mass is 9.79. The highest BCUT2D eigenvalue weighted by Gasteiger charge is 2.50. The highest BCUT2D eigenvalue weighted by molar-refractivity contribution is 7.84. The van der Waals surface area contributed by atoms with Gasteiger partial charge in [-0.05, 0) is 76.6 Å². The van der Waals surface area contributed by atoms with Crippen molar-refractivity contribution in [3.63, 3.8) is 0 Å². The zero-order valence-corrected chi connectivity index (χ0v) is 32.4. The second kappa shape index (κ2) is 18.8. The first-order chi connectivity index (χ1) is 25.6. The molecule has 3 aromatic rings. The fourth-order valence-corrected chi connectivity index (χ4v) is 7.57. The molecule has 2 aliphatic rings. The molecule has 294 valence electrons. The number of hydrogen-bond acceptors (Lipinski definition) is 9. The maximum Gasteiger partial charge on any atom is 0.513 e. The van der Waals surface area contributed by atoms with E-state index in [1.807, 2.05) is 32.0 Å². The maximum absolute atomic E-state index is 13.0. The van der Waals surface area contributed by atoms with Crippen molar-refractivity contribution in [3.05, 3.63) is 76.5 Å². The van der Waals surface area contributed by atoms with Gasteiger partial charge in [0.2, 0.25) is 5.91 Å². The molecule has 3 heterocycles. The minimum absolute atomic E-state index is 0.104. The van der Waals surface area contributed by atoms with Crippen LogP contribution in [0.1, 0.15) is 69.1 Å². The lowest BCUT2D eigenvalue weighted by molar-refractivity contribution is -0.129. The van der Waals surface area contributed by atoms with Crippen molar-refractivity contribution in [1.82, 2.24) is 20.1 Å². The summed E-state index contributed by atoms with van der Waals surface area (Å²) in [5.74, 6) is -0.860. The molecule has 12 nitrogen and oxygen atoms in total. The summed E-state index contributed by atoms with van der Waals surface area (Å²) in [5, 5.41) is 7.36. The van der Waals surface area contributed by atoms with Gasteiger partial charge < -0.3 is 24.4 Å². The second-order valence-electron chi connectivity index (χ2n) is 12.8. The van der Waals surface area contributed by atoms with Gasteiger partial charge in [0.15, 0.2) is 5.15 Å². The van der Waals surface area contributed by atoms with E-state index in [1.165, 1.54) is 9.58 Å². The zero-order chi connectivity index (χ0) is 39.6. The molecule has 1 saturated carbocycles. The molecule has 54 heavy (non-hydrogen) atoms. The van der Waals surface area contributed by atoms with Crippen molar-refractivity contribution in [2.24, 2.45) is 0 Å². The van der Waals surface area contributed by atoms with Gasteiger partial charge in [-0.3, -0.25) is 18.8 Å². The first kappa shape index (κ1) is 42.5. The van der Waals surface area contributed by atoms with Crippen LogP contribution in [0.4, 0.5) is 23.7 Å². The molecule has 2 amide bonds. The van der Waals surface area contributed by atoms with E-state index in [0.29, 0.717) is 35.5 Å². The molecule has 0 saturated heterocycles. The van der Waals surface area contributed by atoms with Gasteiger partial charge in [0.05, 0.1) is 48.3 Å². The van der Waals surface area contributed by atoms with E-state index >= 15 is 0 Å². The largest absolute Gasteiger partial charge is 0.513 e. The van der Waals surface area contributed by atoms with Gasteiger partial charge >= 0.3 is 12.3 Å². The minimum Gasteiger partial charge on any atom is -0.434 e. The fraction of sp³-hybridized carbons (Fsp3) is 0.486. The molecule has 0 bridgehead atoms. The summed E-state index contributed by atoms with van der Waals surface area (Å²) >= 11 is 6.14. The van der Waals surface area contributed by atoms with Crippen LogP contribution < -0.4 is 10.2 Å². The first-order valence-corrected chi connectivity index (χ1v) is 19.4. The molecule has 1 N–H and O–H groups in total. The Morgan fingerprint density at radius 2 is 1.87 bits per heavy atom. The van der Waals surface area contributed by atoms with Crippen LogP contribution in [0, 0.1) is 13.8 Å². The highest BCUT2D eigenvalue weighted by atomic mass is 35.5. The number of pyridine rings is 1. The Kier molecular flexibility index (Phi) is 14.8. The van der Waals surface area contributed by atoms with E-state index < -0.39 is 40.8 Å². The number of rotatable bonds is 12. The number of carbonyl (C=O) groups is 3. The lowest BCUT2D eigenvalue weighted by Gasteiger charge is -2.37. The average Bonchev–Trinajstić information content (AvgIpc) is 3.64. The summed E-state index contributed by atoms with van der Waals surface area (Å²) < 4.78 is 65.8. The molecular formula is C37H45ClF3N5O7S. The summed E-state index contributed by atoms with van der Waals surface area (Å²) in [6, 6.07) is 9.42. The molecule has 5 rings (SSSR count). The Morgan fingerprint density at radius 3 is 2.48 bits per heavy atom. The quantitative estimate of drug-likeness (QED) is 0.192. The van der Waals surface area contributed by atoms with Crippen LogP contribution in [0.3, 0.4) is 0 Å². The van der Waals surface area contributed by atoms with Crippen molar-refractivity contribution in [3.8, 4) is 5.69 Å². The number of carbonyl (C=O) groups excluding carboxylic acids is 3. The maximum atomic E-state index is 13.0. The topological polar surface area (TPSA) is 142 Å². The summed E-state index contributed by atoms with van der Waals surface area (Å²) in [4.78, 5) is 42.9. The van der Waals surface area contributed by atoms with Crippen molar-refractivity contribution < 1.29 is 46.0 Å². The monoisotopic (exact) mass is 795 g/mol. The standard InChI is InChI=1S/C21H27NO5.C16H18ClF3N4O2S/c1-5-26-20(24)27-18-17(16-12-13(2)6-7-14(16)3)19(23)22-21(18)10-8-15(25-4)9-11-21;1-2-23(14(25)5-8-27(26)9-6-16(18,19)20)13-11-24(22-15(13)17)12-4-3-7-21-10-12/h6-7,12,15H,5,8-11H2,1-4H3,(H,22,23);3-4,7,10-11H,2,5-6,8-9H2,1H3. The van der Waals surface area contributed by atoms with Crippen molar-refractivity contribution in [2.45, 2.75) is 84.0 Å². The second-order valence-corrected chi connectivity index (χ2v) is 14.9. The molecule has 0 radical (unpaired) electrons. The molecule has 1 spiro atoms. The third-order valence-electron chi connectivity index (χ3n) is 9.10. The molecule has 1 unspecified atom stereocenters. The van der Waals surface area contributed by atoms with Crippen LogP contribution >= 0.6 is 11.6 Å². The fourth-order valence-electron chi connectivity index (χ4n) is 6.28. The summed E-state index contributed by atoms with van der Waals surface area (Å²) in [7, 11) is -0.0237. The SMILES string of the molecule is CCN(C(=O)CCS(=O)CCC(F)(F)F)c1cn(-c2cccnc2)nc1Cl.CCOC(=O)OC1=C(c2cc(C)ccc2C)C(=O)NC12CCC(OC)CC2. The van der Waals surface area contributed by atoms with Gasteiger partial charge in [-0.25, -0.2) is 9.48 Å². The van der Waals surface area contributed by atoms with Gasteiger partial charge in [-0.1, -0.05) is 35.4 Å². The molecular weight excluding hydrogens is 751 g/mol. The van der Waals surface area contributed by atoms with Crippen LogP contribution in [0.5, 0.6) is 0 Å². The van der Waals surface area contributed by atoms with Gasteiger partial charge in [-0.2, -0.15) is 18.3 Å². The van der Waals surface area contributed by atoms with Crippen LogP contribution in [0.2, 0.25) is 5.15 Å². The number of aromatic nitrogens is 3. The number of amides is 2. The Morgan fingerprint density at radius 1 is 1.15 bits per heavy atom. The van der Waals surface area contributed by atoms with Crippen molar-refractivity contribution >= 4 is 51.6 Å². The van der Waals surface area contributed by atoms with E-state index in [0.717, 1.165) is 29.5 Å². The van der Waals surface area contributed by atoms with E-state index in [4.69, 9.17) is 25.8 Å².